The third-order valence-electron chi connectivity index (χ3n) is 5.22. The largest absolute Gasteiger partial charge is 0.254 e. The molecule has 2 aromatic carbocycles. The average molecular weight is 340 g/mol. The highest BCUT2D eigenvalue weighted by Gasteiger charge is 2.13. The van der Waals surface area contributed by atoms with Crippen molar-refractivity contribution >= 4 is 21.8 Å². The van der Waals surface area contributed by atoms with Gasteiger partial charge in [-0.1, -0.05) is 57.2 Å². The highest BCUT2D eigenvalue weighted by Crippen LogP contribution is 2.32. The summed E-state index contributed by atoms with van der Waals surface area (Å²) in [6, 6.07) is 17.4. The molecule has 130 valence electrons. The van der Waals surface area contributed by atoms with Crippen molar-refractivity contribution in [2.75, 3.05) is 0 Å². The number of hydrogen-bond donors (Lipinski definition) is 0. The first-order valence-electron chi connectivity index (χ1n) is 9.54. The molecule has 2 heteroatoms. The molecule has 0 atom stereocenters. The van der Waals surface area contributed by atoms with E-state index in [0.717, 1.165) is 46.8 Å². The van der Waals surface area contributed by atoms with Crippen LogP contribution in [0.1, 0.15) is 37.5 Å². The number of aromatic nitrogens is 2. The van der Waals surface area contributed by atoms with Crippen molar-refractivity contribution in [1.82, 2.24) is 9.97 Å². The van der Waals surface area contributed by atoms with Crippen LogP contribution in [0.25, 0.3) is 33.1 Å². The number of rotatable bonds is 4. The van der Waals surface area contributed by atoms with Crippen molar-refractivity contribution in [2.45, 2.75) is 40.0 Å². The fraction of sp³-hybridized carbons (Fsp3) is 0.250. The molecule has 2 heterocycles. The fourth-order valence-corrected chi connectivity index (χ4v) is 3.79. The van der Waals surface area contributed by atoms with Crippen molar-refractivity contribution in [3.63, 3.8) is 0 Å². The van der Waals surface area contributed by atoms with E-state index in [1.807, 2.05) is 12.3 Å². The number of benzene rings is 2. The van der Waals surface area contributed by atoms with E-state index in [1.165, 1.54) is 22.3 Å². The highest BCUT2D eigenvalue weighted by molar-refractivity contribution is 6.03. The Balaban J connectivity index is 2.01. The van der Waals surface area contributed by atoms with Gasteiger partial charge in [0.15, 0.2) is 0 Å². The molecule has 2 nitrogen and oxygen atoms in total. The summed E-state index contributed by atoms with van der Waals surface area (Å²) in [6.45, 7) is 6.69. The maximum atomic E-state index is 5.08. The van der Waals surface area contributed by atoms with Gasteiger partial charge in [0.05, 0.1) is 16.7 Å². The van der Waals surface area contributed by atoms with Gasteiger partial charge in [-0.2, -0.15) is 0 Å². The summed E-state index contributed by atoms with van der Waals surface area (Å²) in [5.74, 6) is 0. The Hall–Kier alpha value is -2.74. The van der Waals surface area contributed by atoms with Crippen molar-refractivity contribution in [1.29, 1.82) is 0 Å². The Kier molecular flexibility index (Phi) is 4.42. The van der Waals surface area contributed by atoms with E-state index in [0.29, 0.717) is 0 Å². The van der Waals surface area contributed by atoms with Crippen molar-refractivity contribution < 1.29 is 0 Å². The average Bonchev–Trinajstić information content (AvgIpc) is 2.72. The highest BCUT2D eigenvalue weighted by atomic mass is 14.8. The van der Waals surface area contributed by atoms with Crippen molar-refractivity contribution in [3.05, 3.63) is 71.4 Å². The van der Waals surface area contributed by atoms with Gasteiger partial charge in [0, 0.05) is 22.5 Å². The Morgan fingerprint density at radius 3 is 2.04 bits per heavy atom. The Morgan fingerprint density at radius 1 is 0.731 bits per heavy atom. The molecule has 4 rings (SSSR count). The van der Waals surface area contributed by atoms with Crippen LogP contribution in [-0.4, -0.2) is 9.97 Å². The van der Waals surface area contributed by atoms with E-state index in [4.69, 9.17) is 4.98 Å². The lowest BCUT2D eigenvalue weighted by atomic mass is 9.91. The molecule has 4 aromatic rings. The summed E-state index contributed by atoms with van der Waals surface area (Å²) in [7, 11) is 0. The number of nitrogens with zero attached hydrogens (tertiary/aromatic N) is 2. The minimum absolute atomic E-state index is 0.980. The van der Waals surface area contributed by atoms with Gasteiger partial charge in [-0.25, -0.2) is 4.98 Å². The Bertz CT molecular complexity index is 1070. The molecular formula is C24H24N2. The molecular weight excluding hydrogens is 316 g/mol. The molecule has 0 saturated carbocycles. The van der Waals surface area contributed by atoms with Crippen LogP contribution in [0, 0.1) is 0 Å². The second-order valence-corrected chi connectivity index (χ2v) is 6.76. The van der Waals surface area contributed by atoms with Crippen LogP contribution in [0.5, 0.6) is 0 Å². The van der Waals surface area contributed by atoms with Gasteiger partial charge >= 0.3 is 0 Å². The number of pyridine rings is 2. The van der Waals surface area contributed by atoms with Crippen molar-refractivity contribution in [3.8, 4) is 11.3 Å². The lowest BCUT2D eigenvalue weighted by Crippen LogP contribution is -1.99. The third kappa shape index (κ3) is 2.76. The fourth-order valence-electron chi connectivity index (χ4n) is 3.79. The second kappa shape index (κ2) is 6.87. The summed E-state index contributed by atoms with van der Waals surface area (Å²) >= 11 is 0. The smallest absolute Gasteiger partial charge is 0.0972 e. The zero-order valence-electron chi connectivity index (χ0n) is 15.7. The van der Waals surface area contributed by atoms with E-state index in [2.05, 4.69) is 68.2 Å². The molecule has 0 aliphatic rings. The van der Waals surface area contributed by atoms with Gasteiger partial charge in [-0.3, -0.25) is 4.98 Å². The zero-order chi connectivity index (χ0) is 18.1. The van der Waals surface area contributed by atoms with Crippen LogP contribution in [0.4, 0.5) is 0 Å². The van der Waals surface area contributed by atoms with Gasteiger partial charge in [-0.05, 0) is 48.1 Å². The Morgan fingerprint density at radius 2 is 1.38 bits per heavy atom. The topological polar surface area (TPSA) is 25.8 Å². The molecule has 2 aromatic heterocycles. The minimum Gasteiger partial charge on any atom is -0.254 e. The molecule has 0 amide bonds. The minimum atomic E-state index is 0.980. The van der Waals surface area contributed by atoms with Gasteiger partial charge < -0.3 is 0 Å². The maximum absolute atomic E-state index is 5.08. The summed E-state index contributed by atoms with van der Waals surface area (Å²) < 4.78 is 0. The predicted molar refractivity (Wildman–Crippen MR) is 111 cm³/mol. The molecule has 0 bridgehead atoms. The van der Waals surface area contributed by atoms with Crippen molar-refractivity contribution in [2.24, 2.45) is 0 Å². The summed E-state index contributed by atoms with van der Waals surface area (Å²) in [6.07, 6.45) is 4.95. The van der Waals surface area contributed by atoms with Crippen LogP contribution in [-0.2, 0) is 19.3 Å². The molecule has 0 spiro atoms. The first-order valence-corrected chi connectivity index (χ1v) is 9.54. The monoisotopic (exact) mass is 340 g/mol. The number of fused-ring (bicyclic) bond motifs is 3. The first kappa shape index (κ1) is 16.7. The summed E-state index contributed by atoms with van der Waals surface area (Å²) in [5.41, 5.74) is 8.53. The lowest BCUT2D eigenvalue weighted by Gasteiger charge is -2.16. The molecule has 26 heavy (non-hydrogen) atoms. The van der Waals surface area contributed by atoms with E-state index in [-0.39, 0.29) is 0 Å². The van der Waals surface area contributed by atoms with Gasteiger partial charge in [0.1, 0.15) is 0 Å². The molecule has 0 aliphatic heterocycles. The lowest BCUT2D eigenvalue weighted by molar-refractivity contribution is 1.04. The quantitative estimate of drug-likeness (QED) is 0.417. The molecule has 0 aliphatic carbocycles. The molecule has 0 fully saturated rings. The summed E-state index contributed by atoms with van der Waals surface area (Å²) in [4.78, 5) is 9.68. The SMILES string of the molecule is CCc1cc(CC)c(-c2ccc3ccc4cccnc4c3n2)c(CC)c1. The van der Waals surface area contributed by atoms with Crippen LogP contribution in [0.2, 0.25) is 0 Å². The number of aryl methyl sites for hydroxylation is 3. The van der Waals surface area contributed by atoms with E-state index in [9.17, 15) is 0 Å². The first-order chi connectivity index (χ1) is 12.7. The van der Waals surface area contributed by atoms with Crippen LogP contribution in [0.3, 0.4) is 0 Å². The predicted octanol–water partition coefficient (Wildman–Crippen LogP) is 6.14. The Labute approximate surface area is 154 Å². The number of hydrogen-bond acceptors (Lipinski definition) is 2. The third-order valence-corrected chi connectivity index (χ3v) is 5.22. The second-order valence-electron chi connectivity index (χ2n) is 6.76. The van der Waals surface area contributed by atoms with Crippen LogP contribution in [0.15, 0.2) is 54.7 Å². The standard InChI is InChI=1S/C24H24N2/c1-4-16-14-17(5-2)22(18(6-3)15-16)21-12-11-20-10-9-19-8-7-13-25-23(19)24(20)26-21/h7-15H,4-6H2,1-3H3. The van der Waals surface area contributed by atoms with Crippen LogP contribution >= 0.6 is 0 Å². The summed E-state index contributed by atoms with van der Waals surface area (Å²) in [5, 5.41) is 2.28. The van der Waals surface area contributed by atoms with E-state index in [1.54, 1.807) is 0 Å². The molecule has 0 radical (unpaired) electrons. The molecule has 0 N–H and O–H groups in total. The van der Waals surface area contributed by atoms with Gasteiger partial charge in [-0.15, -0.1) is 0 Å². The van der Waals surface area contributed by atoms with Crippen LogP contribution < -0.4 is 0 Å². The molecule has 0 saturated heterocycles. The molecule has 0 unspecified atom stereocenters. The normalized spacial score (nSPS) is 11.3. The zero-order valence-corrected chi connectivity index (χ0v) is 15.7. The van der Waals surface area contributed by atoms with E-state index >= 15 is 0 Å². The van der Waals surface area contributed by atoms with Gasteiger partial charge in [0.25, 0.3) is 0 Å². The van der Waals surface area contributed by atoms with Gasteiger partial charge in [0.2, 0.25) is 0 Å². The maximum Gasteiger partial charge on any atom is 0.0972 e. The van der Waals surface area contributed by atoms with E-state index < -0.39 is 0 Å².